The summed E-state index contributed by atoms with van der Waals surface area (Å²) in [6.45, 7) is 4.49. The Bertz CT molecular complexity index is 1850. The molecule has 1 aromatic heterocycles. The van der Waals surface area contributed by atoms with Crippen molar-refractivity contribution in [1.29, 1.82) is 0 Å². The van der Waals surface area contributed by atoms with Gasteiger partial charge in [0.25, 0.3) is 11.8 Å². The Labute approximate surface area is 311 Å². The lowest BCUT2D eigenvalue weighted by Gasteiger charge is -2.18. The number of rotatable bonds is 24. The van der Waals surface area contributed by atoms with Crippen LogP contribution in [0.5, 0.6) is 0 Å². The molecule has 1 aliphatic heterocycles. The number of hydrogen-bond donors (Lipinski definition) is 4. The molecule has 3 aromatic carbocycles. The van der Waals surface area contributed by atoms with Gasteiger partial charge in [-0.1, -0.05) is 29.4 Å². The lowest BCUT2D eigenvalue weighted by atomic mass is 10.2. The standard InChI is InChI=1S/C36H42FN11O6/c37-30-11-6-26-24-31(30)48(25-26)36-45-34(41-14-18-53-21-20-51-16-12-39-32(49)27-4-2-1-3-5-27)44-35(46-36)43-29-9-7-28(8-10-29)33(50)40-13-17-52-22-23-54-19-15-42-47-38/h1-11,24H,12-23,25H2,(H,39,49)(H,40,50)(H2,41,43,44,45,46). The minimum Gasteiger partial charge on any atom is -0.379 e. The van der Waals surface area contributed by atoms with Crippen molar-refractivity contribution in [3.63, 3.8) is 0 Å². The van der Waals surface area contributed by atoms with Gasteiger partial charge in [0.15, 0.2) is 0 Å². The largest absolute Gasteiger partial charge is 0.379 e. The van der Waals surface area contributed by atoms with Gasteiger partial charge in [0.05, 0.1) is 65.1 Å². The number of halogens is 1. The molecule has 18 heteroatoms. The zero-order chi connectivity index (χ0) is 37.8. The summed E-state index contributed by atoms with van der Waals surface area (Å²) >= 11 is 0. The molecule has 4 aromatic rings. The van der Waals surface area contributed by atoms with Gasteiger partial charge in [-0.25, -0.2) is 4.39 Å². The monoisotopic (exact) mass is 743 g/mol. The first-order valence-corrected chi connectivity index (χ1v) is 17.4. The van der Waals surface area contributed by atoms with Crippen LogP contribution in [0.3, 0.4) is 0 Å². The highest BCUT2D eigenvalue weighted by Crippen LogP contribution is 2.35. The maximum atomic E-state index is 14.7. The molecule has 54 heavy (non-hydrogen) atoms. The summed E-state index contributed by atoms with van der Waals surface area (Å²) in [6.07, 6.45) is 0. The number of aromatic nitrogens is 3. The molecule has 2 amide bonds. The predicted octanol–water partition coefficient (Wildman–Crippen LogP) is 4.35. The van der Waals surface area contributed by atoms with E-state index in [1.54, 1.807) is 53.4 Å². The van der Waals surface area contributed by atoms with Gasteiger partial charge < -0.3 is 45.1 Å². The van der Waals surface area contributed by atoms with Crippen LogP contribution in [0.4, 0.5) is 33.6 Å². The topological polar surface area (TPSA) is 210 Å². The van der Waals surface area contributed by atoms with E-state index in [0.29, 0.717) is 102 Å². The number of fused-ring (bicyclic) bond motifs is 2. The van der Waals surface area contributed by atoms with E-state index in [9.17, 15) is 14.0 Å². The lowest BCUT2D eigenvalue weighted by Crippen LogP contribution is -2.27. The molecular formula is C36H42FN11O6. The van der Waals surface area contributed by atoms with Crippen LogP contribution in [0, 0.1) is 5.82 Å². The van der Waals surface area contributed by atoms with Crippen molar-refractivity contribution in [2.75, 3.05) is 94.6 Å². The zero-order valence-electron chi connectivity index (χ0n) is 29.6. The van der Waals surface area contributed by atoms with Gasteiger partial charge >= 0.3 is 0 Å². The Morgan fingerprint density at radius 1 is 0.741 bits per heavy atom. The minimum atomic E-state index is -0.386. The molecule has 2 heterocycles. The number of azide groups is 1. The van der Waals surface area contributed by atoms with Gasteiger partial charge in [-0.05, 0) is 59.6 Å². The molecule has 0 unspecified atom stereocenters. The summed E-state index contributed by atoms with van der Waals surface area (Å²) in [6, 6.07) is 20.7. The third-order valence-electron chi connectivity index (χ3n) is 7.68. The van der Waals surface area contributed by atoms with Crippen LogP contribution in [-0.2, 0) is 25.5 Å². The number of amides is 2. The molecule has 0 radical (unpaired) electrons. The number of carbonyl (C=O) groups is 2. The average molecular weight is 744 g/mol. The van der Waals surface area contributed by atoms with Crippen molar-refractivity contribution in [3.8, 4) is 0 Å². The summed E-state index contributed by atoms with van der Waals surface area (Å²) in [4.78, 5) is 42.7. The number of anilines is 5. The first kappa shape index (κ1) is 39.3. The molecule has 0 atom stereocenters. The van der Waals surface area contributed by atoms with Crippen molar-refractivity contribution in [2.45, 2.75) is 6.54 Å². The molecule has 0 spiro atoms. The first-order valence-electron chi connectivity index (χ1n) is 17.4. The fourth-order valence-corrected chi connectivity index (χ4v) is 5.06. The maximum Gasteiger partial charge on any atom is 0.251 e. The van der Waals surface area contributed by atoms with Crippen molar-refractivity contribution in [3.05, 3.63) is 106 Å². The van der Waals surface area contributed by atoms with Gasteiger partial charge in [0, 0.05) is 47.9 Å². The quantitative estimate of drug-likeness (QED) is 0.0342. The Balaban J connectivity index is 1.06. The molecule has 0 saturated carbocycles. The van der Waals surface area contributed by atoms with Crippen LogP contribution in [0.2, 0.25) is 0 Å². The van der Waals surface area contributed by atoms with Crippen molar-refractivity contribution < 1.29 is 32.9 Å². The smallest absolute Gasteiger partial charge is 0.251 e. The van der Waals surface area contributed by atoms with Crippen LogP contribution in [-0.4, -0.2) is 106 Å². The third-order valence-corrected chi connectivity index (χ3v) is 7.68. The van der Waals surface area contributed by atoms with E-state index in [0.717, 1.165) is 5.56 Å². The normalized spacial score (nSPS) is 11.5. The van der Waals surface area contributed by atoms with Gasteiger partial charge in [-0.2, -0.15) is 15.0 Å². The maximum absolute atomic E-state index is 14.7. The molecule has 1 aliphatic rings. The second-order valence-corrected chi connectivity index (χ2v) is 11.6. The molecule has 5 rings (SSSR count). The SMILES string of the molecule is [N-]=[N+]=NCCOCCOCCNC(=O)c1ccc(Nc2nc(NCCOCCOCCNC(=O)c3ccccc3)nc(N3Cc4ccc(F)c3c4)n2)cc1. The molecule has 284 valence electrons. The predicted molar refractivity (Wildman–Crippen MR) is 199 cm³/mol. The number of carbonyl (C=O) groups excluding carboxylic acids is 2. The van der Waals surface area contributed by atoms with E-state index in [1.807, 2.05) is 18.2 Å². The van der Waals surface area contributed by atoms with E-state index in [-0.39, 0.29) is 42.0 Å². The van der Waals surface area contributed by atoms with E-state index >= 15 is 0 Å². The van der Waals surface area contributed by atoms with Crippen molar-refractivity contribution in [1.82, 2.24) is 25.6 Å². The second kappa shape index (κ2) is 21.6. The van der Waals surface area contributed by atoms with E-state index in [1.165, 1.54) is 6.07 Å². The number of hydrogen-bond acceptors (Lipinski definition) is 13. The van der Waals surface area contributed by atoms with Crippen LogP contribution in [0.25, 0.3) is 10.4 Å². The Morgan fingerprint density at radius 3 is 2.02 bits per heavy atom. The van der Waals surface area contributed by atoms with E-state index in [2.05, 4.69) is 46.2 Å². The first-order chi connectivity index (χ1) is 26.5. The molecule has 0 aliphatic carbocycles. The van der Waals surface area contributed by atoms with Crippen molar-refractivity contribution >= 4 is 41.0 Å². The van der Waals surface area contributed by atoms with Gasteiger partial charge in [-0.15, -0.1) is 0 Å². The van der Waals surface area contributed by atoms with Crippen LogP contribution in [0.15, 0.2) is 77.9 Å². The molecule has 0 saturated heterocycles. The van der Waals surface area contributed by atoms with E-state index in [4.69, 9.17) is 24.5 Å². The molecule has 4 N–H and O–H groups in total. The number of ether oxygens (including phenoxy) is 4. The number of nitrogens with zero attached hydrogens (tertiary/aromatic N) is 7. The second-order valence-electron chi connectivity index (χ2n) is 11.6. The molecule has 0 fully saturated rings. The number of nitrogens with one attached hydrogen (secondary N) is 4. The summed E-state index contributed by atoms with van der Waals surface area (Å²) in [7, 11) is 0. The number of benzene rings is 3. The highest BCUT2D eigenvalue weighted by Gasteiger charge is 2.25. The molecule has 17 nitrogen and oxygen atoms in total. The summed E-state index contributed by atoms with van der Waals surface area (Å²) < 4.78 is 36.6. The van der Waals surface area contributed by atoms with E-state index < -0.39 is 0 Å². The summed E-state index contributed by atoms with van der Waals surface area (Å²) in [5.74, 6) is -0.0711. The highest BCUT2D eigenvalue weighted by atomic mass is 19.1. The average Bonchev–Trinajstić information content (AvgIpc) is 3.56. The third kappa shape index (κ3) is 12.6. The summed E-state index contributed by atoms with van der Waals surface area (Å²) in [5.41, 5.74) is 11.2. The van der Waals surface area contributed by atoms with Gasteiger partial charge in [0.2, 0.25) is 17.8 Å². The Morgan fingerprint density at radius 2 is 1.35 bits per heavy atom. The fraction of sp³-hybridized carbons (Fsp3) is 0.361. The summed E-state index contributed by atoms with van der Waals surface area (Å²) in [5, 5.41) is 15.3. The Kier molecular flexibility index (Phi) is 15.7. The van der Waals surface area contributed by atoms with Crippen LogP contribution in [0.1, 0.15) is 26.3 Å². The van der Waals surface area contributed by atoms with Gasteiger partial charge in [0.1, 0.15) is 5.82 Å². The highest BCUT2D eigenvalue weighted by molar-refractivity contribution is 5.94. The minimum absolute atomic E-state index is 0.151. The molecular weight excluding hydrogens is 701 g/mol. The van der Waals surface area contributed by atoms with Crippen LogP contribution >= 0.6 is 0 Å². The van der Waals surface area contributed by atoms with Crippen molar-refractivity contribution in [2.24, 2.45) is 5.11 Å². The Hall–Kier alpha value is -5.91. The zero-order valence-corrected chi connectivity index (χ0v) is 29.6. The lowest BCUT2D eigenvalue weighted by molar-refractivity contribution is 0.0511. The fourth-order valence-electron chi connectivity index (χ4n) is 5.06. The van der Waals surface area contributed by atoms with Gasteiger partial charge in [-0.3, -0.25) is 9.59 Å². The van der Waals surface area contributed by atoms with Crippen LogP contribution < -0.4 is 26.2 Å². The molecule has 2 bridgehead atoms.